The predicted octanol–water partition coefficient (Wildman–Crippen LogP) is 4.15. The molecule has 7 heteroatoms. The average molecular weight is 407 g/mol. The van der Waals surface area contributed by atoms with Crippen molar-refractivity contribution < 1.29 is 19.4 Å². The number of ether oxygens (including phenoxy) is 1. The summed E-state index contributed by atoms with van der Waals surface area (Å²) in [6.07, 6.45) is 6.79. The summed E-state index contributed by atoms with van der Waals surface area (Å²) in [6, 6.07) is 5.70. The van der Waals surface area contributed by atoms with E-state index in [4.69, 9.17) is 27.2 Å². The number of nitrogens with zero attached hydrogens (tertiary/aromatic N) is 1. The lowest BCUT2D eigenvalue weighted by Gasteiger charge is -2.23. The highest BCUT2D eigenvalue weighted by atomic mass is 35.5. The van der Waals surface area contributed by atoms with E-state index in [0.717, 1.165) is 23.0 Å². The Morgan fingerprint density at radius 1 is 1.25 bits per heavy atom. The molecular formula is C21H27ClN2O4. The van der Waals surface area contributed by atoms with Crippen molar-refractivity contribution in [1.29, 1.82) is 0 Å². The van der Waals surface area contributed by atoms with Crippen LogP contribution >= 0.6 is 11.6 Å². The molecule has 1 aromatic carbocycles. The molecule has 0 aliphatic heterocycles. The van der Waals surface area contributed by atoms with Gasteiger partial charge >= 0.3 is 5.97 Å². The van der Waals surface area contributed by atoms with E-state index < -0.39 is 11.9 Å². The molecule has 0 spiro atoms. The highest BCUT2D eigenvalue weighted by molar-refractivity contribution is 6.32. The summed E-state index contributed by atoms with van der Waals surface area (Å²) in [4.78, 5) is 22.2. The zero-order chi connectivity index (χ0) is 20.1. The van der Waals surface area contributed by atoms with Crippen molar-refractivity contribution in [3.63, 3.8) is 0 Å². The van der Waals surface area contributed by atoms with E-state index in [9.17, 15) is 9.59 Å². The molecule has 0 radical (unpaired) electrons. The number of carbonyl (C=O) groups is 2. The van der Waals surface area contributed by atoms with Crippen LogP contribution in [-0.4, -0.2) is 28.2 Å². The van der Waals surface area contributed by atoms with Gasteiger partial charge in [0, 0.05) is 29.4 Å². The molecule has 0 bridgehead atoms. The van der Waals surface area contributed by atoms with Crippen LogP contribution in [-0.2, 0) is 22.6 Å². The number of aliphatic carboxylic acids is 1. The first kappa shape index (κ1) is 20.5. The second-order valence-electron chi connectivity index (χ2n) is 7.55. The Labute approximate surface area is 169 Å². The molecular weight excluding hydrogens is 380 g/mol. The first-order chi connectivity index (χ1) is 13.5. The fourth-order valence-electron chi connectivity index (χ4n) is 4.02. The number of benzene rings is 1. The number of hydrogen-bond donors (Lipinski definition) is 2. The van der Waals surface area contributed by atoms with Gasteiger partial charge in [0.1, 0.15) is 10.9 Å². The maximum absolute atomic E-state index is 11.6. The number of nitrogens with two attached hydrogens (primary N) is 1. The second kappa shape index (κ2) is 9.32. The fourth-order valence-corrected chi connectivity index (χ4v) is 4.35. The Morgan fingerprint density at radius 2 is 2.00 bits per heavy atom. The number of amides is 1. The van der Waals surface area contributed by atoms with E-state index in [-0.39, 0.29) is 12.8 Å². The molecule has 3 rings (SSSR count). The third kappa shape index (κ3) is 4.98. The molecule has 1 amide bonds. The monoisotopic (exact) mass is 406 g/mol. The summed E-state index contributed by atoms with van der Waals surface area (Å²) in [5.41, 5.74) is 7.16. The zero-order valence-corrected chi connectivity index (χ0v) is 16.7. The van der Waals surface area contributed by atoms with Crippen molar-refractivity contribution in [2.24, 2.45) is 11.7 Å². The topological polar surface area (TPSA) is 94.5 Å². The molecule has 1 saturated carbocycles. The Bertz CT molecular complexity index is 856. The van der Waals surface area contributed by atoms with E-state index in [0.29, 0.717) is 29.8 Å². The molecule has 6 nitrogen and oxygen atoms in total. The third-order valence-electron chi connectivity index (χ3n) is 5.39. The number of halogens is 1. The van der Waals surface area contributed by atoms with Crippen LogP contribution in [0.4, 0.5) is 0 Å². The summed E-state index contributed by atoms with van der Waals surface area (Å²) in [7, 11) is 0. The van der Waals surface area contributed by atoms with Crippen molar-refractivity contribution in [3.05, 3.63) is 28.9 Å². The van der Waals surface area contributed by atoms with Gasteiger partial charge < -0.3 is 20.1 Å². The number of primary amides is 1. The Balaban J connectivity index is 1.87. The minimum absolute atomic E-state index is 0.0682. The second-order valence-corrected chi connectivity index (χ2v) is 7.91. The van der Waals surface area contributed by atoms with Gasteiger partial charge in [-0.05, 0) is 43.4 Å². The van der Waals surface area contributed by atoms with Gasteiger partial charge in [-0.3, -0.25) is 9.59 Å². The number of hydrogen-bond acceptors (Lipinski definition) is 3. The van der Waals surface area contributed by atoms with Gasteiger partial charge in [0.25, 0.3) is 0 Å². The molecule has 1 aliphatic carbocycles. The van der Waals surface area contributed by atoms with Gasteiger partial charge in [-0.1, -0.05) is 30.9 Å². The van der Waals surface area contributed by atoms with E-state index in [1.165, 1.54) is 32.1 Å². The fraction of sp³-hybridized carbons (Fsp3) is 0.524. The molecule has 28 heavy (non-hydrogen) atoms. The van der Waals surface area contributed by atoms with E-state index >= 15 is 0 Å². The number of rotatable bonds is 9. The van der Waals surface area contributed by atoms with Crippen molar-refractivity contribution >= 4 is 34.4 Å². The average Bonchev–Trinajstić information content (AvgIpc) is 2.91. The van der Waals surface area contributed by atoms with Crippen LogP contribution in [0.2, 0.25) is 5.15 Å². The predicted molar refractivity (Wildman–Crippen MR) is 109 cm³/mol. The molecule has 1 aliphatic rings. The number of aromatic nitrogens is 1. The number of carbonyl (C=O) groups excluding carboxylic acids is 1. The van der Waals surface area contributed by atoms with Crippen LogP contribution in [0.15, 0.2) is 18.2 Å². The SMILES string of the molecule is NC(=O)Cc1c(Cl)n(CC2CCCCC2)c2ccc(OCCCC(=O)O)cc12. The smallest absolute Gasteiger partial charge is 0.303 e. The normalized spacial score (nSPS) is 15.0. The molecule has 152 valence electrons. The van der Waals surface area contributed by atoms with Gasteiger partial charge in [0.2, 0.25) is 5.91 Å². The molecule has 3 N–H and O–H groups in total. The highest BCUT2D eigenvalue weighted by Gasteiger charge is 2.21. The van der Waals surface area contributed by atoms with Crippen LogP contribution in [0.3, 0.4) is 0 Å². The van der Waals surface area contributed by atoms with Gasteiger partial charge in [0.15, 0.2) is 0 Å². The standard InChI is InChI=1S/C21H27ClN2O4/c22-21-17(12-19(23)25)16-11-15(28-10-4-7-20(26)27)8-9-18(16)24(21)13-14-5-2-1-3-6-14/h8-9,11,14H,1-7,10,12-13H2,(H2,23,25)(H,26,27). The maximum Gasteiger partial charge on any atom is 0.303 e. The lowest BCUT2D eigenvalue weighted by atomic mass is 9.89. The molecule has 0 atom stereocenters. The van der Waals surface area contributed by atoms with Gasteiger partial charge in [-0.2, -0.15) is 0 Å². The molecule has 1 aromatic heterocycles. The van der Waals surface area contributed by atoms with Crippen molar-refractivity contribution in [2.45, 2.75) is 57.9 Å². The summed E-state index contributed by atoms with van der Waals surface area (Å²) < 4.78 is 7.79. The van der Waals surface area contributed by atoms with E-state index in [1.807, 2.05) is 18.2 Å². The van der Waals surface area contributed by atoms with Gasteiger partial charge in [0.05, 0.1) is 13.0 Å². The summed E-state index contributed by atoms with van der Waals surface area (Å²) in [5, 5.41) is 10.2. The minimum Gasteiger partial charge on any atom is -0.494 e. The quantitative estimate of drug-likeness (QED) is 0.611. The highest BCUT2D eigenvalue weighted by Crippen LogP contribution is 2.35. The zero-order valence-electron chi connectivity index (χ0n) is 16.0. The van der Waals surface area contributed by atoms with Crippen molar-refractivity contribution in [3.8, 4) is 5.75 Å². The molecule has 0 unspecified atom stereocenters. The summed E-state index contributed by atoms with van der Waals surface area (Å²) in [6.45, 7) is 1.16. The number of fused-ring (bicyclic) bond motifs is 1. The Kier molecular flexibility index (Phi) is 6.83. The van der Waals surface area contributed by atoms with Crippen molar-refractivity contribution in [1.82, 2.24) is 4.57 Å². The van der Waals surface area contributed by atoms with Crippen LogP contribution < -0.4 is 10.5 Å². The largest absolute Gasteiger partial charge is 0.494 e. The molecule has 1 heterocycles. The molecule has 2 aromatic rings. The van der Waals surface area contributed by atoms with Crippen LogP contribution in [0, 0.1) is 5.92 Å². The summed E-state index contributed by atoms with van der Waals surface area (Å²) in [5.74, 6) is -0.0360. The first-order valence-corrected chi connectivity index (χ1v) is 10.3. The Hall–Kier alpha value is -2.21. The first-order valence-electron chi connectivity index (χ1n) is 9.89. The van der Waals surface area contributed by atoms with Crippen LogP contribution in [0.25, 0.3) is 10.9 Å². The maximum atomic E-state index is 11.6. The van der Waals surface area contributed by atoms with E-state index in [1.54, 1.807) is 0 Å². The van der Waals surface area contributed by atoms with Gasteiger partial charge in [-0.25, -0.2) is 0 Å². The lowest BCUT2D eigenvalue weighted by molar-refractivity contribution is -0.137. The molecule has 0 saturated heterocycles. The van der Waals surface area contributed by atoms with E-state index in [2.05, 4.69) is 4.57 Å². The number of carboxylic acid groups (broad SMARTS) is 1. The van der Waals surface area contributed by atoms with Crippen molar-refractivity contribution in [2.75, 3.05) is 6.61 Å². The van der Waals surface area contributed by atoms with Gasteiger partial charge in [-0.15, -0.1) is 0 Å². The van der Waals surface area contributed by atoms with Crippen LogP contribution in [0.1, 0.15) is 50.5 Å². The lowest BCUT2D eigenvalue weighted by Crippen LogP contribution is -2.15. The Morgan fingerprint density at radius 3 is 2.68 bits per heavy atom. The number of carboxylic acids is 1. The van der Waals surface area contributed by atoms with Crippen LogP contribution in [0.5, 0.6) is 5.75 Å². The summed E-state index contributed by atoms with van der Waals surface area (Å²) >= 11 is 6.68. The minimum atomic E-state index is -0.839. The third-order valence-corrected chi connectivity index (χ3v) is 5.82. The molecule has 1 fully saturated rings.